The van der Waals surface area contributed by atoms with Crippen LogP contribution in [0.3, 0.4) is 0 Å². The minimum absolute atomic E-state index is 0.0202. The lowest BCUT2D eigenvalue weighted by Crippen LogP contribution is -2.62. The number of benzene rings is 1. The Bertz CT molecular complexity index is 974. The van der Waals surface area contributed by atoms with Crippen molar-refractivity contribution in [2.24, 2.45) is 0 Å². The van der Waals surface area contributed by atoms with Crippen molar-refractivity contribution in [2.75, 3.05) is 25.6 Å². The van der Waals surface area contributed by atoms with Gasteiger partial charge in [-0.15, -0.1) is 11.3 Å². The number of nitrogens with one attached hydrogen (secondary N) is 1. The fourth-order valence-electron chi connectivity index (χ4n) is 5.77. The molecule has 1 N–H and O–H groups in total. The normalized spacial score (nSPS) is 21.8. The third-order valence-corrected chi connectivity index (χ3v) is 8.22. The summed E-state index contributed by atoms with van der Waals surface area (Å²) in [6, 6.07) is 7.63. The van der Waals surface area contributed by atoms with E-state index in [2.05, 4.69) is 10.3 Å². The lowest BCUT2D eigenvalue weighted by molar-refractivity contribution is -0.122. The zero-order chi connectivity index (χ0) is 21.4. The molecule has 0 bridgehead atoms. The zero-order valence-electron chi connectivity index (χ0n) is 18.0. The Hall–Kier alpha value is -2.25. The van der Waals surface area contributed by atoms with Gasteiger partial charge in [0, 0.05) is 24.1 Å². The zero-order valence-corrected chi connectivity index (χ0v) is 18.8. The molecule has 1 aliphatic heterocycles. The first-order chi connectivity index (χ1) is 15.1. The van der Waals surface area contributed by atoms with Crippen molar-refractivity contribution in [3.63, 3.8) is 0 Å². The predicted molar refractivity (Wildman–Crippen MR) is 121 cm³/mol. The number of hydrogen-bond acceptors (Lipinski definition) is 5. The Morgan fingerprint density at radius 2 is 2.03 bits per heavy atom. The van der Waals surface area contributed by atoms with Gasteiger partial charge in [-0.25, -0.2) is 4.98 Å². The van der Waals surface area contributed by atoms with Crippen molar-refractivity contribution in [3.8, 4) is 0 Å². The van der Waals surface area contributed by atoms with E-state index >= 15 is 0 Å². The molecule has 31 heavy (non-hydrogen) atoms. The molecule has 1 fully saturated rings. The number of amides is 2. The summed E-state index contributed by atoms with van der Waals surface area (Å²) in [7, 11) is 1.65. The van der Waals surface area contributed by atoms with Crippen molar-refractivity contribution in [2.45, 2.75) is 62.8 Å². The molecule has 2 amide bonds. The molecular weight excluding hydrogens is 410 g/mol. The van der Waals surface area contributed by atoms with Gasteiger partial charge in [0.1, 0.15) is 0 Å². The molecule has 0 radical (unpaired) electrons. The van der Waals surface area contributed by atoms with Gasteiger partial charge in [0.15, 0.2) is 5.13 Å². The lowest BCUT2D eigenvalue weighted by Gasteiger charge is -2.53. The van der Waals surface area contributed by atoms with Crippen LogP contribution in [0.2, 0.25) is 0 Å². The van der Waals surface area contributed by atoms with Gasteiger partial charge in [-0.1, -0.05) is 37.5 Å². The van der Waals surface area contributed by atoms with Crippen molar-refractivity contribution < 1.29 is 14.3 Å². The van der Waals surface area contributed by atoms with E-state index in [-0.39, 0.29) is 11.8 Å². The average Bonchev–Trinajstić information content (AvgIpc) is 3.36. The van der Waals surface area contributed by atoms with E-state index in [0.29, 0.717) is 23.8 Å². The predicted octanol–water partition coefficient (Wildman–Crippen LogP) is 4.16. The Kier molecular flexibility index (Phi) is 5.56. The van der Waals surface area contributed by atoms with Crippen LogP contribution < -0.4 is 5.32 Å². The maximum atomic E-state index is 13.8. The SMILES string of the molecule is COCCN1C(=O)c2ccccc2C(C(=O)Nc2nc3c(s2)CCC3)C12CCCCC2. The van der Waals surface area contributed by atoms with Crippen molar-refractivity contribution in [1.82, 2.24) is 9.88 Å². The quantitative estimate of drug-likeness (QED) is 0.759. The fraction of sp³-hybridized carbons (Fsp3) is 0.542. The van der Waals surface area contributed by atoms with E-state index in [1.54, 1.807) is 18.4 Å². The molecule has 1 spiro atoms. The minimum Gasteiger partial charge on any atom is -0.383 e. The second-order valence-electron chi connectivity index (χ2n) is 8.87. The molecule has 0 saturated heterocycles. The van der Waals surface area contributed by atoms with Gasteiger partial charge >= 0.3 is 0 Å². The monoisotopic (exact) mass is 439 g/mol. The Balaban J connectivity index is 1.56. The number of methoxy groups -OCH3 is 1. The summed E-state index contributed by atoms with van der Waals surface area (Å²) in [5.74, 6) is -0.430. The van der Waals surface area contributed by atoms with Gasteiger partial charge in [0.25, 0.3) is 5.91 Å². The van der Waals surface area contributed by atoms with Crippen LogP contribution in [0.5, 0.6) is 0 Å². The third-order valence-electron chi connectivity index (χ3n) is 7.15. The number of aryl methyl sites for hydroxylation is 2. The highest BCUT2D eigenvalue weighted by molar-refractivity contribution is 7.15. The largest absolute Gasteiger partial charge is 0.383 e. The average molecular weight is 440 g/mol. The summed E-state index contributed by atoms with van der Waals surface area (Å²) < 4.78 is 5.34. The van der Waals surface area contributed by atoms with Crippen LogP contribution in [0.15, 0.2) is 24.3 Å². The molecule has 5 rings (SSSR count). The van der Waals surface area contributed by atoms with Gasteiger partial charge in [0.2, 0.25) is 5.91 Å². The minimum atomic E-state index is -0.508. The summed E-state index contributed by atoms with van der Waals surface area (Å²) in [6.07, 6.45) is 8.06. The number of hydrogen-bond donors (Lipinski definition) is 1. The topological polar surface area (TPSA) is 71.5 Å². The number of fused-ring (bicyclic) bond motifs is 2. The van der Waals surface area contributed by atoms with E-state index in [1.165, 1.54) is 4.88 Å². The number of anilines is 1. The number of ether oxygens (including phenoxy) is 1. The number of thiazole rings is 1. The molecule has 7 heteroatoms. The molecule has 164 valence electrons. The molecule has 6 nitrogen and oxygen atoms in total. The van der Waals surface area contributed by atoms with Gasteiger partial charge < -0.3 is 15.0 Å². The highest BCUT2D eigenvalue weighted by Gasteiger charge is 2.54. The number of rotatable bonds is 5. The summed E-state index contributed by atoms with van der Waals surface area (Å²) >= 11 is 1.60. The molecule has 1 atom stereocenters. The molecule has 1 unspecified atom stereocenters. The second kappa shape index (κ2) is 8.36. The molecule has 2 aliphatic carbocycles. The first kappa shape index (κ1) is 20.6. The molecule has 1 saturated carbocycles. The molecule has 1 aromatic carbocycles. The van der Waals surface area contributed by atoms with E-state index in [1.807, 2.05) is 29.2 Å². The van der Waals surface area contributed by atoms with Gasteiger partial charge in [0.05, 0.1) is 23.8 Å². The van der Waals surface area contributed by atoms with Crippen LogP contribution in [-0.4, -0.2) is 47.5 Å². The van der Waals surface area contributed by atoms with Crippen LogP contribution >= 0.6 is 11.3 Å². The highest BCUT2D eigenvalue weighted by atomic mass is 32.1. The Labute approximate surface area is 187 Å². The third kappa shape index (κ3) is 3.48. The van der Waals surface area contributed by atoms with Crippen molar-refractivity contribution in [1.29, 1.82) is 0 Å². The van der Waals surface area contributed by atoms with E-state index in [9.17, 15) is 9.59 Å². The number of nitrogens with zero attached hydrogens (tertiary/aromatic N) is 2. The molecule has 2 heterocycles. The summed E-state index contributed by atoms with van der Waals surface area (Å²) in [4.78, 5) is 35.3. The smallest absolute Gasteiger partial charge is 0.254 e. The summed E-state index contributed by atoms with van der Waals surface area (Å²) in [6.45, 7) is 0.961. The van der Waals surface area contributed by atoms with Gasteiger partial charge in [-0.3, -0.25) is 9.59 Å². The maximum absolute atomic E-state index is 13.8. The summed E-state index contributed by atoms with van der Waals surface area (Å²) in [5.41, 5.74) is 2.11. The van der Waals surface area contributed by atoms with E-state index in [0.717, 1.165) is 62.6 Å². The van der Waals surface area contributed by atoms with Crippen LogP contribution in [0.1, 0.15) is 70.9 Å². The first-order valence-corrected chi connectivity index (χ1v) is 12.1. The molecule has 1 aromatic heterocycles. The molecular formula is C24H29N3O3S. The van der Waals surface area contributed by atoms with Crippen LogP contribution in [-0.2, 0) is 22.4 Å². The number of aromatic nitrogens is 1. The number of carbonyl (C=O) groups excluding carboxylic acids is 2. The second-order valence-corrected chi connectivity index (χ2v) is 9.95. The van der Waals surface area contributed by atoms with E-state index in [4.69, 9.17) is 4.74 Å². The first-order valence-electron chi connectivity index (χ1n) is 11.3. The lowest BCUT2D eigenvalue weighted by atomic mass is 9.65. The standard InChI is InChI=1S/C24H29N3O3S/c1-30-15-14-27-22(29)17-9-4-3-8-16(17)20(24(27)12-5-2-6-13-24)21(28)26-23-25-18-10-7-11-19(18)31-23/h3-4,8-9,20H,2,5-7,10-15H2,1H3,(H,25,26,28). The van der Waals surface area contributed by atoms with Crippen LogP contribution in [0.25, 0.3) is 0 Å². The van der Waals surface area contributed by atoms with Crippen LogP contribution in [0.4, 0.5) is 5.13 Å². The van der Waals surface area contributed by atoms with Gasteiger partial charge in [-0.2, -0.15) is 0 Å². The van der Waals surface area contributed by atoms with Gasteiger partial charge in [-0.05, 0) is 43.7 Å². The van der Waals surface area contributed by atoms with Crippen molar-refractivity contribution in [3.05, 3.63) is 46.0 Å². The molecule has 2 aromatic rings. The Morgan fingerprint density at radius 3 is 2.81 bits per heavy atom. The molecule has 3 aliphatic rings. The van der Waals surface area contributed by atoms with Crippen molar-refractivity contribution >= 4 is 28.3 Å². The summed E-state index contributed by atoms with van der Waals surface area (Å²) in [5, 5.41) is 3.84. The van der Waals surface area contributed by atoms with E-state index < -0.39 is 11.5 Å². The highest BCUT2D eigenvalue weighted by Crippen LogP contribution is 2.49. The maximum Gasteiger partial charge on any atom is 0.254 e. The fourth-order valence-corrected chi connectivity index (χ4v) is 6.83. The number of carbonyl (C=O) groups is 2. The Morgan fingerprint density at radius 1 is 1.23 bits per heavy atom. The van der Waals surface area contributed by atoms with Crippen LogP contribution in [0, 0.1) is 0 Å².